The average Bonchev–Trinajstić information content (AvgIpc) is 3.09. The number of ether oxygens (including phenoxy) is 1. The Balaban J connectivity index is 1.94. The maximum Gasteiger partial charge on any atom is 0.251 e. The largest absolute Gasteiger partial charge is 0.467 e. The molecule has 6 heteroatoms. The zero-order valence-electron chi connectivity index (χ0n) is 14.0. The highest BCUT2D eigenvalue weighted by Gasteiger charge is 2.17. The number of hydrogen-bond acceptors (Lipinski definition) is 4. The number of nitrogens with one attached hydrogen (secondary N) is 1. The summed E-state index contributed by atoms with van der Waals surface area (Å²) in [7, 11) is 1.58. The number of rotatable bonds is 8. The van der Waals surface area contributed by atoms with Crippen molar-refractivity contribution in [2.75, 3.05) is 26.8 Å². The van der Waals surface area contributed by atoms with E-state index in [4.69, 9.17) is 9.15 Å². The van der Waals surface area contributed by atoms with E-state index in [0.717, 1.165) is 5.56 Å². The molecule has 128 valence electrons. The van der Waals surface area contributed by atoms with Crippen molar-refractivity contribution in [3.05, 3.63) is 59.5 Å². The summed E-state index contributed by atoms with van der Waals surface area (Å²) in [6.07, 6.45) is 1.56. The van der Waals surface area contributed by atoms with Gasteiger partial charge < -0.3 is 19.4 Å². The molecule has 0 aliphatic rings. The predicted molar refractivity (Wildman–Crippen MR) is 89.5 cm³/mol. The van der Waals surface area contributed by atoms with Gasteiger partial charge in [0.2, 0.25) is 5.91 Å². The van der Waals surface area contributed by atoms with E-state index < -0.39 is 0 Å². The first-order chi connectivity index (χ1) is 11.6. The summed E-state index contributed by atoms with van der Waals surface area (Å²) in [5, 5.41) is 2.67. The molecule has 0 fully saturated rings. The fourth-order valence-corrected chi connectivity index (χ4v) is 2.27. The molecule has 0 unspecified atom stereocenters. The van der Waals surface area contributed by atoms with Gasteiger partial charge in [0.1, 0.15) is 5.76 Å². The molecule has 0 spiro atoms. The van der Waals surface area contributed by atoms with Crippen LogP contribution in [0.5, 0.6) is 0 Å². The SMILES string of the molecule is COCCN(Cc1ccco1)C(=O)CNC(=O)c1ccccc1C. The van der Waals surface area contributed by atoms with Gasteiger partial charge >= 0.3 is 0 Å². The monoisotopic (exact) mass is 330 g/mol. The second kappa shape index (κ2) is 8.88. The molecule has 0 saturated heterocycles. The van der Waals surface area contributed by atoms with E-state index in [1.807, 2.05) is 19.1 Å². The summed E-state index contributed by atoms with van der Waals surface area (Å²) in [5.41, 5.74) is 1.44. The van der Waals surface area contributed by atoms with Gasteiger partial charge in [0, 0.05) is 19.2 Å². The topological polar surface area (TPSA) is 71.8 Å². The first-order valence-electron chi connectivity index (χ1n) is 7.74. The fourth-order valence-electron chi connectivity index (χ4n) is 2.27. The van der Waals surface area contributed by atoms with Crippen molar-refractivity contribution in [3.63, 3.8) is 0 Å². The van der Waals surface area contributed by atoms with Crippen LogP contribution < -0.4 is 5.32 Å². The first kappa shape index (κ1) is 17.7. The van der Waals surface area contributed by atoms with Gasteiger partial charge in [-0.2, -0.15) is 0 Å². The molecule has 2 aromatic rings. The molecule has 6 nitrogen and oxygen atoms in total. The zero-order valence-corrected chi connectivity index (χ0v) is 14.0. The van der Waals surface area contributed by atoms with E-state index in [-0.39, 0.29) is 18.4 Å². The lowest BCUT2D eigenvalue weighted by Crippen LogP contribution is -2.41. The minimum Gasteiger partial charge on any atom is -0.467 e. The molecule has 0 aliphatic carbocycles. The van der Waals surface area contributed by atoms with Gasteiger partial charge in [-0.05, 0) is 30.7 Å². The second-order valence-electron chi connectivity index (χ2n) is 5.39. The number of furan rings is 1. The van der Waals surface area contributed by atoms with Crippen LogP contribution in [-0.4, -0.2) is 43.5 Å². The number of nitrogens with zero attached hydrogens (tertiary/aromatic N) is 1. The normalized spacial score (nSPS) is 10.4. The van der Waals surface area contributed by atoms with Crippen LogP contribution in [0.4, 0.5) is 0 Å². The smallest absolute Gasteiger partial charge is 0.251 e. The summed E-state index contributed by atoms with van der Waals surface area (Å²) in [6.45, 7) is 2.97. The van der Waals surface area contributed by atoms with Crippen LogP contribution in [0.1, 0.15) is 21.7 Å². The van der Waals surface area contributed by atoms with Crippen LogP contribution in [-0.2, 0) is 16.1 Å². The molecule has 0 bridgehead atoms. The van der Waals surface area contributed by atoms with Crippen molar-refractivity contribution in [1.29, 1.82) is 0 Å². The summed E-state index contributed by atoms with van der Waals surface area (Å²) >= 11 is 0. The summed E-state index contributed by atoms with van der Waals surface area (Å²) in [4.78, 5) is 26.2. The van der Waals surface area contributed by atoms with E-state index in [2.05, 4.69) is 5.32 Å². The molecule has 24 heavy (non-hydrogen) atoms. The van der Waals surface area contributed by atoms with Crippen molar-refractivity contribution < 1.29 is 18.7 Å². The van der Waals surface area contributed by atoms with Crippen LogP contribution in [0.2, 0.25) is 0 Å². The minimum atomic E-state index is -0.258. The molecule has 0 radical (unpaired) electrons. The average molecular weight is 330 g/mol. The number of carbonyl (C=O) groups is 2. The molecular weight excluding hydrogens is 308 g/mol. The Kier molecular flexibility index (Phi) is 6.57. The van der Waals surface area contributed by atoms with Gasteiger partial charge in [0.05, 0.1) is 26.0 Å². The maximum absolute atomic E-state index is 12.4. The molecule has 1 heterocycles. The third-order valence-corrected chi connectivity index (χ3v) is 3.63. The lowest BCUT2D eigenvalue weighted by Gasteiger charge is -2.21. The van der Waals surface area contributed by atoms with Crippen molar-refractivity contribution in [2.45, 2.75) is 13.5 Å². The van der Waals surface area contributed by atoms with Crippen LogP contribution >= 0.6 is 0 Å². The minimum absolute atomic E-state index is 0.0718. The van der Waals surface area contributed by atoms with Crippen LogP contribution in [0.3, 0.4) is 0 Å². The first-order valence-corrected chi connectivity index (χ1v) is 7.74. The highest BCUT2D eigenvalue weighted by Crippen LogP contribution is 2.07. The Labute approximate surface area is 141 Å². The van der Waals surface area contributed by atoms with Gasteiger partial charge in [0.25, 0.3) is 5.91 Å². The van der Waals surface area contributed by atoms with E-state index in [0.29, 0.717) is 31.0 Å². The molecule has 2 amide bonds. The van der Waals surface area contributed by atoms with Crippen molar-refractivity contribution in [3.8, 4) is 0 Å². The molecular formula is C18H22N2O4. The lowest BCUT2D eigenvalue weighted by molar-refractivity contribution is -0.131. The second-order valence-corrected chi connectivity index (χ2v) is 5.39. The third kappa shape index (κ3) is 4.96. The Morgan fingerprint density at radius 2 is 2.00 bits per heavy atom. The maximum atomic E-state index is 12.4. The Hall–Kier alpha value is -2.60. The summed E-state index contributed by atoms with van der Waals surface area (Å²) < 4.78 is 10.3. The van der Waals surface area contributed by atoms with Crippen LogP contribution in [0, 0.1) is 6.92 Å². The van der Waals surface area contributed by atoms with Crippen LogP contribution in [0.25, 0.3) is 0 Å². The Morgan fingerprint density at radius 1 is 1.21 bits per heavy atom. The standard InChI is InChI=1S/C18H22N2O4/c1-14-6-3-4-8-16(14)18(22)19-12-17(21)20(9-11-23-2)13-15-7-5-10-24-15/h3-8,10H,9,11-13H2,1-2H3,(H,19,22). The van der Waals surface area contributed by atoms with Gasteiger partial charge in [0.15, 0.2) is 0 Å². The van der Waals surface area contributed by atoms with Gasteiger partial charge in [-0.25, -0.2) is 0 Å². The zero-order chi connectivity index (χ0) is 17.4. The van der Waals surface area contributed by atoms with Crippen molar-refractivity contribution >= 4 is 11.8 Å². The summed E-state index contributed by atoms with van der Waals surface area (Å²) in [6, 6.07) is 10.8. The molecule has 0 saturated carbocycles. The van der Waals surface area contributed by atoms with E-state index in [1.165, 1.54) is 0 Å². The Bertz CT molecular complexity index is 667. The van der Waals surface area contributed by atoms with E-state index in [9.17, 15) is 9.59 Å². The number of aryl methyl sites for hydroxylation is 1. The molecule has 0 aliphatic heterocycles. The molecule has 1 aromatic carbocycles. The molecule has 2 rings (SSSR count). The highest BCUT2D eigenvalue weighted by atomic mass is 16.5. The molecule has 1 aromatic heterocycles. The van der Waals surface area contributed by atoms with Gasteiger partial charge in [-0.15, -0.1) is 0 Å². The van der Waals surface area contributed by atoms with Gasteiger partial charge in [-0.1, -0.05) is 18.2 Å². The summed E-state index contributed by atoms with van der Waals surface area (Å²) in [5.74, 6) is 0.237. The van der Waals surface area contributed by atoms with E-state index in [1.54, 1.807) is 42.5 Å². The highest BCUT2D eigenvalue weighted by molar-refractivity contribution is 5.97. The number of amides is 2. The fraction of sp³-hybridized carbons (Fsp3) is 0.333. The number of hydrogen-bond donors (Lipinski definition) is 1. The quantitative estimate of drug-likeness (QED) is 0.803. The lowest BCUT2D eigenvalue weighted by atomic mass is 10.1. The number of methoxy groups -OCH3 is 1. The van der Waals surface area contributed by atoms with Crippen LogP contribution in [0.15, 0.2) is 47.1 Å². The molecule has 1 N–H and O–H groups in total. The van der Waals surface area contributed by atoms with Gasteiger partial charge in [-0.3, -0.25) is 9.59 Å². The van der Waals surface area contributed by atoms with Crippen molar-refractivity contribution in [2.24, 2.45) is 0 Å². The predicted octanol–water partition coefficient (Wildman–Crippen LogP) is 1.99. The van der Waals surface area contributed by atoms with Crippen molar-refractivity contribution in [1.82, 2.24) is 10.2 Å². The third-order valence-electron chi connectivity index (χ3n) is 3.63. The Morgan fingerprint density at radius 3 is 2.67 bits per heavy atom. The number of carbonyl (C=O) groups excluding carboxylic acids is 2. The van der Waals surface area contributed by atoms with E-state index >= 15 is 0 Å². The molecule has 0 atom stereocenters. The number of benzene rings is 1.